The molecular weight excluding hydrogens is 488 g/mol. The van der Waals surface area contributed by atoms with E-state index in [2.05, 4.69) is 4.99 Å². The van der Waals surface area contributed by atoms with Gasteiger partial charge in [0.2, 0.25) is 12.0 Å². The SMILES string of the molecule is CCC(C)(CC(C)(CC(C)N1CCCCCC1=O)C(=O)OCCOc1ccccc1)C(=O)OCCN=C=O. The van der Waals surface area contributed by atoms with E-state index in [9.17, 15) is 19.2 Å². The number of benzene rings is 1. The second-order valence-electron chi connectivity index (χ2n) is 10.5. The Balaban J connectivity index is 2.17. The molecule has 0 aliphatic carbocycles. The van der Waals surface area contributed by atoms with Gasteiger partial charge in [-0.1, -0.05) is 31.5 Å². The number of likely N-dealkylation sites (tertiary alicyclic amines) is 1. The van der Waals surface area contributed by atoms with E-state index in [1.165, 1.54) is 6.08 Å². The van der Waals surface area contributed by atoms with Crippen molar-refractivity contribution in [2.45, 2.75) is 78.7 Å². The highest BCUT2D eigenvalue weighted by atomic mass is 16.6. The Labute approximate surface area is 225 Å². The molecule has 1 fully saturated rings. The summed E-state index contributed by atoms with van der Waals surface area (Å²) in [4.78, 5) is 55.0. The van der Waals surface area contributed by atoms with E-state index in [1.54, 1.807) is 13.8 Å². The average molecular weight is 531 g/mol. The standard InChI is InChI=1S/C29H42N2O7/c1-5-28(3,26(34)37-17-15-30-22-32)21-29(4,20-23(2)31-16-11-7-10-14-25(31)33)27(35)38-19-18-36-24-12-8-6-9-13-24/h6,8-9,12-13,23H,5,7,10-11,14-21H2,1-4H3. The van der Waals surface area contributed by atoms with Crippen LogP contribution in [0.1, 0.15) is 72.6 Å². The number of ether oxygens (including phenoxy) is 3. The summed E-state index contributed by atoms with van der Waals surface area (Å²) >= 11 is 0. The van der Waals surface area contributed by atoms with Gasteiger partial charge in [0.1, 0.15) is 25.6 Å². The smallest absolute Gasteiger partial charge is 0.312 e. The molecule has 0 saturated carbocycles. The maximum atomic E-state index is 13.6. The van der Waals surface area contributed by atoms with Gasteiger partial charge in [0.25, 0.3) is 0 Å². The highest BCUT2D eigenvalue weighted by Crippen LogP contribution is 2.42. The third kappa shape index (κ3) is 9.28. The number of nitrogens with zero attached hydrogens (tertiary/aromatic N) is 2. The number of carbonyl (C=O) groups excluding carboxylic acids is 4. The number of para-hydroxylation sites is 1. The summed E-state index contributed by atoms with van der Waals surface area (Å²) in [6.45, 7) is 8.27. The minimum atomic E-state index is -1.07. The molecule has 1 amide bonds. The molecule has 210 valence electrons. The molecule has 1 heterocycles. The highest BCUT2D eigenvalue weighted by molar-refractivity contribution is 5.81. The molecule has 0 radical (unpaired) electrons. The second kappa shape index (κ2) is 15.3. The summed E-state index contributed by atoms with van der Waals surface area (Å²) in [5.41, 5.74) is -2.05. The number of rotatable bonds is 15. The normalized spacial score (nSPS) is 17.7. The lowest BCUT2D eigenvalue weighted by Gasteiger charge is -2.39. The first-order valence-corrected chi connectivity index (χ1v) is 13.5. The van der Waals surface area contributed by atoms with Crippen LogP contribution in [0.3, 0.4) is 0 Å². The van der Waals surface area contributed by atoms with Crippen molar-refractivity contribution in [3.05, 3.63) is 30.3 Å². The van der Waals surface area contributed by atoms with Crippen LogP contribution in [0.5, 0.6) is 5.75 Å². The molecule has 1 aromatic carbocycles. The molecule has 0 spiro atoms. The predicted molar refractivity (Wildman–Crippen MR) is 142 cm³/mol. The molecule has 3 unspecified atom stereocenters. The summed E-state index contributed by atoms with van der Waals surface area (Å²) in [6.07, 6.45) is 5.68. The minimum Gasteiger partial charge on any atom is -0.490 e. The third-order valence-electron chi connectivity index (χ3n) is 7.26. The fraction of sp³-hybridized carbons (Fsp3) is 0.655. The molecule has 2 rings (SSSR count). The van der Waals surface area contributed by atoms with Crippen LogP contribution in [0.2, 0.25) is 0 Å². The number of isocyanates is 1. The fourth-order valence-corrected chi connectivity index (χ4v) is 5.05. The van der Waals surface area contributed by atoms with Gasteiger partial charge in [-0.3, -0.25) is 14.4 Å². The van der Waals surface area contributed by atoms with E-state index in [-0.39, 0.29) is 44.7 Å². The van der Waals surface area contributed by atoms with Crippen LogP contribution in [-0.4, -0.2) is 67.8 Å². The lowest BCUT2D eigenvalue weighted by molar-refractivity contribution is -0.166. The summed E-state index contributed by atoms with van der Waals surface area (Å²) in [6, 6.07) is 9.05. The molecule has 1 aromatic rings. The van der Waals surface area contributed by atoms with Gasteiger partial charge in [-0.2, -0.15) is 0 Å². The van der Waals surface area contributed by atoms with Crippen LogP contribution < -0.4 is 4.74 Å². The number of hydrogen-bond donors (Lipinski definition) is 0. The van der Waals surface area contributed by atoms with Crippen molar-refractivity contribution in [2.24, 2.45) is 15.8 Å². The number of amides is 1. The molecule has 0 aromatic heterocycles. The molecule has 9 heteroatoms. The minimum absolute atomic E-state index is 0.0316. The first-order chi connectivity index (χ1) is 18.1. The Morgan fingerprint density at radius 1 is 1.03 bits per heavy atom. The molecule has 1 aliphatic rings. The molecule has 3 atom stereocenters. The van der Waals surface area contributed by atoms with Gasteiger partial charge in [-0.15, -0.1) is 0 Å². The fourth-order valence-electron chi connectivity index (χ4n) is 5.05. The number of aliphatic imine (C=N–C) groups is 1. The van der Waals surface area contributed by atoms with Crippen molar-refractivity contribution >= 4 is 23.9 Å². The zero-order valence-electron chi connectivity index (χ0n) is 23.2. The molecule has 0 N–H and O–H groups in total. The lowest BCUT2D eigenvalue weighted by atomic mass is 9.68. The van der Waals surface area contributed by atoms with Crippen LogP contribution in [0.15, 0.2) is 35.3 Å². The molecule has 1 saturated heterocycles. The summed E-state index contributed by atoms with van der Waals surface area (Å²) in [5, 5.41) is 0. The Morgan fingerprint density at radius 2 is 1.71 bits per heavy atom. The van der Waals surface area contributed by atoms with Crippen molar-refractivity contribution in [3.8, 4) is 5.75 Å². The summed E-state index contributed by atoms with van der Waals surface area (Å²) in [7, 11) is 0. The van der Waals surface area contributed by atoms with Crippen LogP contribution in [0.25, 0.3) is 0 Å². The topological polar surface area (TPSA) is 112 Å². The predicted octanol–water partition coefficient (Wildman–Crippen LogP) is 4.48. The third-order valence-corrected chi connectivity index (χ3v) is 7.26. The maximum Gasteiger partial charge on any atom is 0.312 e. The van der Waals surface area contributed by atoms with Crippen molar-refractivity contribution in [1.29, 1.82) is 0 Å². The zero-order valence-corrected chi connectivity index (χ0v) is 23.2. The monoisotopic (exact) mass is 530 g/mol. The van der Waals surface area contributed by atoms with E-state index >= 15 is 0 Å². The Bertz CT molecular complexity index is 963. The van der Waals surface area contributed by atoms with Gasteiger partial charge in [0.05, 0.1) is 17.4 Å². The molecule has 9 nitrogen and oxygen atoms in total. The molecular formula is C29H42N2O7. The molecule has 0 bridgehead atoms. The van der Waals surface area contributed by atoms with E-state index < -0.39 is 22.8 Å². The molecule has 1 aliphatic heterocycles. The van der Waals surface area contributed by atoms with Crippen LogP contribution >= 0.6 is 0 Å². The second-order valence-corrected chi connectivity index (χ2v) is 10.5. The number of hydrogen-bond acceptors (Lipinski definition) is 8. The van der Waals surface area contributed by atoms with Crippen molar-refractivity contribution in [2.75, 3.05) is 32.9 Å². The van der Waals surface area contributed by atoms with Crippen LogP contribution in [0.4, 0.5) is 0 Å². The van der Waals surface area contributed by atoms with Gasteiger partial charge in [0.15, 0.2) is 0 Å². The largest absolute Gasteiger partial charge is 0.490 e. The highest BCUT2D eigenvalue weighted by Gasteiger charge is 2.47. The average Bonchev–Trinajstić information content (AvgIpc) is 3.13. The van der Waals surface area contributed by atoms with Crippen molar-refractivity contribution in [1.82, 2.24) is 4.90 Å². The Hall–Kier alpha value is -3.19. The zero-order chi connectivity index (χ0) is 28.0. The van der Waals surface area contributed by atoms with Crippen LogP contribution in [0, 0.1) is 10.8 Å². The van der Waals surface area contributed by atoms with Gasteiger partial charge in [-0.25, -0.2) is 9.79 Å². The molecule has 38 heavy (non-hydrogen) atoms. The van der Waals surface area contributed by atoms with Gasteiger partial charge < -0.3 is 19.1 Å². The maximum absolute atomic E-state index is 13.6. The Morgan fingerprint density at radius 3 is 2.39 bits per heavy atom. The number of carbonyl (C=O) groups is 3. The lowest BCUT2D eigenvalue weighted by Crippen LogP contribution is -2.46. The Kier molecular flexibility index (Phi) is 12.5. The van der Waals surface area contributed by atoms with Gasteiger partial charge in [0, 0.05) is 19.0 Å². The summed E-state index contributed by atoms with van der Waals surface area (Å²) in [5.74, 6) is -0.137. The van der Waals surface area contributed by atoms with Crippen molar-refractivity contribution < 1.29 is 33.4 Å². The number of esters is 2. The van der Waals surface area contributed by atoms with E-state index in [0.29, 0.717) is 31.6 Å². The quantitative estimate of drug-likeness (QED) is 0.142. The van der Waals surface area contributed by atoms with E-state index in [4.69, 9.17) is 14.2 Å². The van der Waals surface area contributed by atoms with E-state index in [1.807, 2.05) is 49.1 Å². The van der Waals surface area contributed by atoms with E-state index in [0.717, 1.165) is 19.3 Å². The van der Waals surface area contributed by atoms with Crippen molar-refractivity contribution in [3.63, 3.8) is 0 Å². The van der Waals surface area contributed by atoms with Gasteiger partial charge >= 0.3 is 11.9 Å². The van der Waals surface area contributed by atoms with Crippen LogP contribution in [-0.2, 0) is 28.7 Å². The first-order valence-electron chi connectivity index (χ1n) is 13.5. The summed E-state index contributed by atoms with van der Waals surface area (Å²) < 4.78 is 16.7. The first kappa shape index (κ1) is 31.0. The van der Waals surface area contributed by atoms with Gasteiger partial charge in [-0.05, 0) is 65.0 Å².